The van der Waals surface area contributed by atoms with E-state index < -0.39 is 12.0 Å². The number of benzene rings is 2. The summed E-state index contributed by atoms with van der Waals surface area (Å²) in [5, 5.41) is 12.3. The zero-order valence-electron chi connectivity index (χ0n) is 14.9. The Morgan fingerprint density at radius 3 is 2.81 bits per heavy atom. The summed E-state index contributed by atoms with van der Waals surface area (Å²) < 4.78 is 0. The molecule has 2 N–H and O–H groups in total. The summed E-state index contributed by atoms with van der Waals surface area (Å²) >= 11 is 0. The Kier molecular flexibility index (Phi) is 4.81. The molecule has 0 bridgehead atoms. The van der Waals surface area contributed by atoms with Crippen molar-refractivity contribution in [3.05, 3.63) is 64.2 Å². The quantitative estimate of drug-likeness (QED) is 0.794. The van der Waals surface area contributed by atoms with Crippen molar-refractivity contribution in [2.45, 2.75) is 44.8 Å². The number of carboxylic acids is 1. The lowest BCUT2D eigenvalue weighted by Gasteiger charge is -2.20. The molecule has 6 heteroatoms. The molecule has 1 atom stereocenters. The molecule has 1 aliphatic carbocycles. The van der Waals surface area contributed by atoms with E-state index in [2.05, 4.69) is 5.32 Å². The number of fused-ring (bicyclic) bond motifs is 2. The Hall–Kier alpha value is -2.86. The van der Waals surface area contributed by atoms with Crippen LogP contribution in [-0.4, -0.2) is 23.0 Å². The van der Waals surface area contributed by atoms with Crippen LogP contribution in [0.4, 0.5) is 0 Å². The maximum absolute atomic E-state index is 12.8. The van der Waals surface area contributed by atoms with E-state index >= 15 is 0 Å². The van der Waals surface area contributed by atoms with Gasteiger partial charge in [0.2, 0.25) is 0 Å². The Bertz CT molecular complexity index is 892. The number of carbonyl (C=O) groups excluding carboxylic acids is 1. The van der Waals surface area contributed by atoms with Gasteiger partial charge in [0.15, 0.2) is 5.75 Å². The minimum Gasteiger partial charge on any atom is -0.480 e. The smallest absolute Gasteiger partial charge is 0.326 e. The summed E-state index contributed by atoms with van der Waals surface area (Å²) in [7, 11) is 0. The van der Waals surface area contributed by atoms with Crippen LogP contribution in [0, 0.1) is 0 Å². The van der Waals surface area contributed by atoms with Crippen LogP contribution in [0.1, 0.15) is 45.5 Å². The number of nitrogens with one attached hydrogen (secondary N) is 1. The first kappa shape index (κ1) is 17.5. The molecule has 0 spiro atoms. The molecule has 2 aliphatic rings. The van der Waals surface area contributed by atoms with E-state index in [1.54, 1.807) is 12.1 Å². The van der Waals surface area contributed by atoms with Crippen molar-refractivity contribution in [3.8, 4) is 5.75 Å². The lowest BCUT2D eigenvalue weighted by molar-refractivity contribution is -0.194. The van der Waals surface area contributed by atoms with Gasteiger partial charge in [0.1, 0.15) is 12.6 Å². The lowest BCUT2D eigenvalue weighted by Crippen LogP contribution is -2.42. The molecule has 0 fully saturated rings. The van der Waals surface area contributed by atoms with Gasteiger partial charge in [0.25, 0.3) is 5.91 Å². The summed E-state index contributed by atoms with van der Waals surface area (Å²) in [6, 6.07) is 10.1. The number of carboxylic acid groups (broad SMARTS) is 1. The minimum absolute atomic E-state index is 0.173. The molecule has 1 heterocycles. The summed E-state index contributed by atoms with van der Waals surface area (Å²) in [5.41, 5.74) is 4.52. The van der Waals surface area contributed by atoms with Crippen molar-refractivity contribution in [3.63, 3.8) is 0 Å². The molecule has 2 aromatic rings. The van der Waals surface area contributed by atoms with E-state index in [0.29, 0.717) is 17.9 Å². The largest absolute Gasteiger partial charge is 0.480 e. The highest BCUT2D eigenvalue weighted by atomic mass is 17.2. The summed E-state index contributed by atoms with van der Waals surface area (Å²) in [6.07, 6.45) is 4.18. The Labute approximate surface area is 157 Å². The fraction of sp³-hybridized carbons (Fsp3) is 0.333. The van der Waals surface area contributed by atoms with Crippen molar-refractivity contribution < 1.29 is 24.5 Å². The number of carbonyl (C=O) groups is 2. The number of aryl methyl sites for hydroxylation is 1. The van der Waals surface area contributed by atoms with Crippen LogP contribution in [0.15, 0.2) is 36.4 Å². The highest BCUT2D eigenvalue weighted by molar-refractivity contribution is 5.98. The van der Waals surface area contributed by atoms with Crippen LogP contribution in [-0.2, 0) is 35.6 Å². The van der Waals surface area contributed by atoms with Gasteiger partial charge in [-0.1, -0.05) is 24.3 Å². The van der Waals surface area contributed by atoms with Gasteiger partial charge < -0.3 is 15.3 Å². The van der Waals surface area contributed by atoms with E-state index in [4.69, 9.17) is 9.78 Å². The summed E-state index contributed by atoms with van der Waals surface area (Å²) in [6.45, 7) is 0.383. The summed E-state index contributed by atoms with van der Waals surface area (Å²) in [4.78, 5) is 34.5. The highest BCUT2D eigenvalue weighted by Gasteiger charge is 2.25. The van der Waals surface area contributed by atoms with E-state index in [1.807, 2.05) is 24.3 Å². The first-order chi connectivity index (χ1) is 13.1. The maximum Gasteiger partial charge on any atom is 0.326 e. The van der Waals surface area contributed by atoms with Gasteiger partial charge in [-0.2, -0.15) is 4.89 Å². The van der Waals surface area contributed by atoms with Crippen LogP contribution < -0.4 is 10.2 Å². The molecule has 4 rings (SSSR count). The molecule has 1 unspecified atom stereocenters. The highest BCUT2D eigenvalue weighted by Crippen LogP contribution is 2.28. The standard InChI is InChI=1S/C21H21NO5/c23-20(17-7-3-5-14-4-1-2-6-16(14)17)22-18(21(24)25)10-13-8-9-15-12-26-27-19(15)11-13/h3,5,7-9,11,18H,1-2,4,6,10,12H2,(H,22,23)(H,24,25). The molecule has 1 aliphatic heterocycles. The predicted octanol–water partition coefficient (Wildman–Crippen LogP) is 2.82. The zero-order chi connectivity index (χ0) is 18.8. The van der Waals surface area contributed by atoms with Crippen LogP contribution in [0.25, 0.3) is 0 Å². The first-order valence-corrected chi connectivity index (χ1v) is 9.17. The van der Waals surface area contributed by atoms with Crippen LogP contribution in [0.3, 0.4) is 0 Å². The molecule has 0 saturated heterocycles. The molecule has 2 aromatic carbocycles. The molecule has 1 amide bonds. The number of hydrogen-bond donors (Lipinski definition) is 2. The second-order valence-corrected chi connectivity index (χ2v) is 7.01. The second-order valence-electron chi connectivity index (χ2n) is 7.01. The second kappa shape index (κ2) is 7.40. The maximum atomic E-state index is 12.8. The third kappa shape index (κ3) is 3.66. The molecule has 0 aromatic heterocycles. The topological polar surface area (TPSA) is 84.9 Å². The zero-order valence-corrected chi connectivity index (χ0v) is 14.9. The Balaban J connectivity index is 1.52. The van der Waals surface area contributed by atoms with Gasteiger partial charge in [-0.25, -0.2) is 4.79 Å². The van der Waals surface area contributed by atoms with Crippen molar-refractivity contribution in [1.82, 2.24) is 5.32 Å². The molecule has 0 saturated carbocycles. The van der Waals surface area contributed by atoms with Gasteiger partial charge >= 0.3 is 5.97 Å². The van der Waals surface area contributed by atoms with Crippen molar-refractivity contribution in [2.75, 3.05) is 0 Å². The van der Waals surface area contributed by atoms with Crippen molar-refractivity contribution in [2.24, 2.45) is 0 Å². The van der Waals surface area contributed by atoms with Crippen molar-refractivity contribution >= 4 is 11.9 Å². The minimum atomic E-state index is -1.06. The fourth-order valence-electron chi connectivity index (χ4n) is 3.75. The van der Waals surface area contributed by atoms with Gasteiger partial charge in [0.05, 0.1) is 0 Å². The van der Waals surface area contributed by atoms with Gasteiger partial charge in [-0.15, -0.1) is 0 Å². The monoisotopic (exact) mass is 367 g/mol. The number of aliphatic carboxylic acids is 1. The molecule has 140 valence electrons. The van der Waals surface area contributed by atoms with Gasteiger partial charge in [-0.3, -0.25) is 4.79 Å². The average molecular weight is 367 g/mol. The number of rotatable bonds is 5. The third-order valence-electron chi connectivity index (χ3n) is 5.18. The van der Waals surface area contributed by atoms with Crippen LogP contribution in [0.5, 0.6) is 5.75 Å². The molecular formula is C21H21NO5. The fourth-order valence-corrected chi connectivity index (χ4v) is 3.75. The molecular weight excluding hydrogens is 346 g/mol. The normalized spacial score (nSPS) is 16.0. The Morgan fingerprint density at radius 2 is 1.96 bits per heavy atom. The van der Waals surface area contributed by atoms with Crippen molar-refractivity contribution in [1.29, 1.82) is 0 Å². The van der Waals surface area contributed by atoms with Crippen LogP contribution >= 0.6 is 0 Å². The predicted molar refractivity (Wildman–Crippen MR) is 97.5 cm³/mol. The molecule has 0 radical (unpaired) electrons. The van der Waals surface area contributed by atoms with Gasteiger partial charge in [-0.05, 0) is 54.5 Å². The molecule has 6 nitrogen and oxygen atoms in total. The van der Waals surface area contributed by atoms with E-state index in [9.17, 15) is 14.7 Å². The summed E-state index contributed by atoms with van der Waals surface area (Å²) in [5.74, 6) is -0.798. The lowest BCUT2D eigenvalue weighted by atomic mass is 9.88. The average Bonchev–Trinajstić information content (AvgIpc) is 3.14. The van der Waals surface area contributed by atoms with Crippen LogP contribution in [0.2, 0.25) is 0 Å². The van der Waals surface area contributed by atoms with E-state index in [1.165, 1.54) is 5.56 Å². The molecule has 27 heavy (non-hydrogen) atoms. The Morgan fingerprint density at radius 1 is 1.11 bits per heavy atom. The van der Waals surface area contributed by atoms with E-state index in [0.717, 1.165) is 42.4 Å². The van der Waals surface area contributed by atoms with E-state index in [-0.39, 0.29) is 12.3 Å². The van der Waals surface area contributed by atoms with Gasteiger partial charge in [0, 0.05) is 17.5 Å². The first-order valence-electron chi connectivity index (χ1n) is 9.17. The SMILES string of the molecule is O=C(NC(Cc1ccc2c(c1)OOC2)C(=O)O)c1cccc2c1CCCC2. The third-order valence-corrected chi connectivity index (χ3v) is 5.18. The number of hydrogen-bond acceptors (Lipinski definition) is 4. The number of amides is 1.